The molecular weight excluding hydrogens is 360 g/mol. The molecule has 0 saturated heterocycles. The average Bonchev–Trinajstić information content (AvgIpc) is 3.40. The predicted molar refractivity (Wildman–Crippen MR) is 106 cm³/mol. The first-order valence-electron chi connectivity index (χ1n) is 9.11. The normalized spacial score (nSPS) is 13.6. The molecule has 5 heteroatoms. The third kappa shape index (κ3) is 3.91. The number of carbonyl (C=O) groups is 1. The number of aromatic nitrogens is 1. The molecule has 4 rings (SSSR count). The van der Waals surface area contributed by atoms with Gasteiger partial charge in [0.15, 0.2) is 5.76 Å². The van der Waals surface area contributed by atoms with Crippen molar-refractivity contribution in [1.82, 2.24) is 10.1 Å². The molecule has 1 heterocycles. The molecule has 1 amide bonds. The summed E-state index contributed by atoms with van der Waals surface area (Å²) in [6, 6.07) is 15.4. The van der Waals surface area contributed by atoms with E-state index in [-0.39, 0.29) is 11.9 Å². The quantitative estimate of drug-likeness (QED) is 0.594. The molecule has 3 aromatic rings. The Morgan fingerprint density at radius 2 is 1.85 bits per heavy atom. The zero-order chi connectivity index (χ0) is 19.0. The van der Waals surface area contributed by atoms with Crippen LogP contribution in [0.15, 0.2) is 53.1 Å². The van der Waals surface area contributed by atoms with Crippen molar-refractivity contribution in [2.75, 3.05) is 0 Å². The summed E-state index contributed by atoms with van der Waals surface area (Å²) < 4.78 is 5.54. The number of carbonyl (C=O) groups excluding carboxylic acids is 1. The van der Waals surface area contributed by atoms with Gasteiger partial charge in [0.1, 0.15) is 5.69 Å². The van der Waals surface area contributed by atoms with Crippen LogP contribution in [0.3, 0.4) is 0 Å². The van der Waals surface area contributed by atoms with Gasteiger partial charge in [-0.3, -0.25) is 4.79 Å². The number of amides is 1. The van der Waals surface area contributed by atoms with Crippen LogP contribution >= 0.6 is 11.6 Å². The zero-order valence-electron chi connectivity index (χ0n) is 15.4. The van der Waals surface area contributed by atoms with Gasteiger partial charge in [0, 0.05) is 28.3 Å². The third-order valence-electron chi connectivity index (χ3n) is 5.02. The van der Waals surface area contributed by atoms with Gasteiger partial charge in [0.05, 0.1) is 6.54 Å². The maximum atomic E-state index is 12.9. The van der Waals surface area contributed by atoms with Crippen LogP contribution in [0, 0.1) is 13.8 Å². The molecule has 1 aliphatic carbocycles. The number of benzene rings is 2. The van der Waals surface area contributed by atoms with Gasteiger partial charge in [-0.2, -0.15) is 0 Å². The molecule has 4 nitrogen and oxygen atoms in total. The van der Waals surface area contributed by atoms with Crippen molar-refractivity contribution in [2.24, 2.45) is 0 Å². The lowest BCUT2D eigenvalue weighted by atomic mass is 10.0. The van der Waals surface area contributed by atoms with E-state index in [2.05, 4.69) is 31.1 Å². The fourth-order valence-electron chi connectivity index (χ4n) is 3.10. The molecule has 0 bridgehead atoms. The average molecular weight is 381 g/mol. The summed E-state index contributed by atoms with van der Waals surface area (Å²) in [7, 11) is 0. The van der Waals surface area contributed by atoms with Crippen molar-refractivity contribution < 1.29 is 9.32 Å². The van der Waals surface area contributed by atoms with E-state index in [1.807, 2.05) is 17.0 Å². The standard InChI is InChI=1S/C22H21ClN2O2/c1-14-3-4-17(11-15(14)2)21-12-19(24-27-21)13-25(20-9-10-20)22(26)16-5-7-18(23)8-6-16/h3-8,11-12,20H,9-10,13H2,1-2H3. The molecule has 0 radical (unpaired) electrons. The van der Waals surface area contributed by atoms with Crippen LogP contribution in [-0.2, 0) is 6.54 Å². The van der Waals surface area contributed by atoms with E-state index in [1.165, 1.54) is 11.1 Å². The second-order valence-electron chi connectivity index (χ2n) is 7.15. The van der Waals surface area contributed by atoms with Crippen molar-refractivity contribution in [3.05, 3.63) is 75.9 Å². The minimum atomic E-state index is 0.00453. The molecule has 0 atom stereocenters. The molecule has 1 aliphatic rings. The van der Waals surface area contributed by atoms with E-state index in [9.17, 15) is 4.79 Å². The van der Waals surface area contributed by atoms with Crippen LogP contribution in [0.25, 0.3) is 11.3 Å². The SMILES string of the molecule is Cc1ccc(-c2cc(CN(C(=O)c3ccc(Cl)cc3)C3CC3)no2)cc1C. The largest absolute Gasteiger partial charge is 0.356 e. The van der Waals surface area contributed by atoms with E-state index in [4.69, 9.17) is 16.1 Å². The molecule has 138 valence electrons. The summed E-state index contributed by atoms with van der Waals surface area (Å²) >= 11 is 5.94. The molecule has 0 spiro atoms. The third-order valence-corrected chi connectivity index (χ3v) is 5.27. The molecule has 27 heavy (non-hydrogen) atoms. The van der Waals surface area contributed by atoms with E-state index < -0.39 is 0 Å². The van der Waals surface area contributed by atoms with Gasteiger partial charge in [-0.25, -0.2) is 0 Å². The molecule has 1 saturated carbocycles. The lowest BCUT2D eigenvalue weighted by Gasteiger charge is -2.21. The highest BCUT2D eigenvalue weighted by molar-refractivity contribution is 6.30. The molecule has 1 fully saturated rings. The minimum Gasteiger partial charge on any atom is -0.356 e. The first-order chi connectivity index (χ1) is 13.0. The summed E-state index contributed by atoms with van der Waals surface area (Å²) in [6.45, 7) is 4.61. The Kier molecular flexibility index (Phi) is 4.75. The van der Waals surface area contributed by atoms with Crippen molar-refractivity contribution in [2.45, 2.75) is 39.3 Å². The van der Waals surface area contributed by atoms with Crippen LogP contribution in [-0.4, -0.2) is 22.0 Å². The fourth-order valence-corrected chi connectivity index (χ4v) is 3.23. The molecule has 0 aliphatic heterocycles. The second-order valence-corrected chi connectivity index (χ2v) is 7.59. The molecule has 1 aromatic heterocycles. The molecule has 0 unspecified atom stereocenters. The van der Waals surface area contributed by atoms with Crippen molar-refractivity contribution in [3.63, 3.8) is 0 Å². The van der Waals surface area contributed by atoms with Gasteiger partial charge < -0.3 is 9.42 Å². The van der Waals surface area contributed by atoms with Gasteiger partial charge in [-0.15, -0.1) is 0 Å². The van der Waals surface area contributed by atoms with Crippen LogP contribution in [0.5, 0.6) is 0 Å². The van der Waals surface area contributed by atoms with E-state index in [0.29, 0.717) is 17.1 Å². The number of hydrogen-bond acceptors (Lipinski definition) is 3. The monoisotopic (exact) mass is 380 g/mol. The maximum Gasteiger partial charge on any atom is 0.254 e. The second kappa shape index (κ2) is 7.20. The molecular formula is C22H21ClN2O2. The van der Waals surface area contributed by atoms with Crippen LogP contribution in [0.4, 0.5) is 0 Å². The lowest BCUT2D eigenvalue weighted by Crippen LogP contribution is -2.32. The Bertz CT molecular complexity index is 974. The first-order valence-corrected chi connectivity index (χ1v) is 9.49. The lowest BCUT2D eigenvalue weighted by molar-refractivity contribution is 0.0726. The highest BCUT2D eigenvalue weighted by Gasteiger charge is 2.33. The molecule has 2 aromatic carbocycles. The summed E-state index contributed by atoms with van der Waals surface area (Å²) in [4.78, 5) is 14.8. The minimum absolute atomic E-state index is 0.00453. The van der Waals surface area contributed by atoms with Crippen molar-refractivity contribution >= 4 is 17.5 Å². The van der Waals surface area contributed by atoms with Crippen molar-refractivity contribution in [3.8, 4) is 11.3 Å². The Hall–Kier alpha value is -2.59. The van der Waals surface area contributed by atoms with Gasteiger partial charge in [0.25, 0.3) is 5.91 Å². The van der Waals surface area contributed by atoms with E-state index in [0.717, 1.165) is 29.9 Å². The van der Waals surface area contributed by atoms with E-state index in [1.54, 1.807) is 24.3 Å². The zero-order valence-corrected chi connectivity index (χ0v) is 16.2. The Balaban J connectivity index is 1.54. The van der Waals surface area contributed by atoms with Gasteiger partial charge in [0.2, 0.25) is 0 Å². The summed E-state index contributed by atoms with van der Waals surface area (Å²) in [5, 5.41) is 4.82. The van der Waals surface area contributed by atoms with Gasteiger partial charge in [-0.05, 0) is 68.1 Å². The summed E-state index contributed by atoms with van der Waals surface area (Å²) in [6.07, 6.45) is 2.06. The van der Waals surface area contributed by atoms with Crippen molar-refractivity contribution in [1.29, 1.82) is 0 Å². The maximum absolute atomic E-state index is 12.9. The number of halogens is 1. The first kappa shape index (κ1) is 17.8. The topological polar surface area (TPSA) is 46.3 Å². The Labute approximate surface area is 163 Å². The number of aryl methyl sites for hydroxylation is 2. The van der Waals surface area contributed by atoms with Crippen LogP contribution < -0.4 is 0 Å². The predicted octanol–water partition coefficient (Wildman–Crippen LogP) is 5.42. The highest BCUT2D eigenvalue weighted by atomic mass is 35.5. The summed E-state index contributed by atoms with van der Waals surface area (Å²) in [5.41, 5.74) is 4.86. The number of hydrogen-bond donors (Lipinski definition) is 0. The Morgan fingerprint density at radius 3 is 2.52 bits per heavy atom. The molecule has 0 N–H and O–H groups in total. The van der Waals surface area contributed by atoms with Gasteiger partial charge >= 0.3 is 0 Å². The van der Waals surface area contributed by atoms with Gasteiger partial charge in [-0.1, -0.05) is 28.9 Å². The summed E-state index contributed by atoms with van der Waals surface area (Å²) in [5.74, 6) is 0.729. The van der Waals surface area contributed by atoms with Crippen LogP contribution in [0.2, 0.25) is 5.02 Å². The smallest absolute Gasteiger partial charge is 0.254 e. The number of rotatable bonds is 5. The highest BCUT2D eigenvalue weighted by Crippen LogP contribution is 2.31. The fraction of sp³-hybridized carbons (Fsp3) is 0.273. The number of nitrogens with zero attached hydrogens (tertiary/aromatic N) is 2. The Morgan fingerprint density at radius 1 is 1.11 bits per heavy atom. The van der Waals surface area contributed by atoms with E-state index >= 15 is 0 Å². The van der Waals surface area contributed by atoms with Crippen LogP contribution in [0.1, 0.15) is 40.0 Å².